The Kier molecular flexibility index (Phi) is 5.74. The van der Waals surface area contributed by atoms with Gasteiger partial charge in [-0.3, -0.25) is 15.1 Å². The quantitative estimate of drug-likeness (QED) is 0.424. The van der Waals surface area contributed by atoms with Crippen molar-refractivity contribution < 1.29 is 19.4 Å². The minimum absolute atomic E-state index is 0.0823. The van der Waals surface area contributed by atoms with Crippen molar-refractivity contribution in [1.82, 2.24) is 9.97 Å². The number of halogens is 2. The second-order valence-corrected chi connectivity index (χ2v) is 7.93. The lowest BCUT2D eigenvalue weighted by molar-refractivity contribution is 0.0951. The van der Waals surface area contributed by atoms with Crippen LogP contribution in [0.2, 0.25) is 5.02 Å². The maximum absolute atomic E-state index is 14.4. The summed E-state index contributed by atoms with van der Waals surface area (Å²) < 4.78 is 15.2. The van der Waals surface area contributed by atoms with Gasteiger partial charge in [0, 0.05) is 27.9 Å². The third-order valence-corrected chi connectivity index (χ3v) is 5.58. The van der Waals surface area contributed by atoms with E-state index in [9.17, 15) is 14.3 Å². The van der Waals surface area contributed by atoms with Crippen molar-refractivity contribution in [3.63, 3.8) is 0 Å². The van der Waals surface area contributed by atoms with Gasteiger partial charge in [0.05, 0.1) is 16.8 Å². The molecule has 2 heterocycles. The van der Waals surface area contributed by atoms with Gasteiger partial charge in [-0.05, 0) is 36.4 Å². The summed E-state index contributed by atoms with van der Waals surface area (Å²) in [6.07, 6.45) is 0.116. The Hall–Kier alpha value is -2.91. The number of nitrogens with zero attached hydrogens (tertiary/aromatic N) is 2. The van der Waals surface area contributed by atoms with Gasteiger partial charge in [-0.1, -0.05) is 35.1 Å². The summed E-state index contributed by atoms with van der Waals surface area (Å²) in [4.78, 5) is 20.9. The molecular weight excluding hydrogens is 429 g/mol. The highest BCUT2D eigenvalue weighted by molar-refractivity contribution is 7.22. The van der Waals surface area contributed by atoms with Crippen LogP contribution in [0.15, 0.2) is 54.7 Å². The molecule has 0 radical (unpaired) electrons. The van der Waals surface area contributed by atoms with Gasteiger partial charge in [-0.15, -0.1) is 0 Å². The van der Waals surface area contributed by atoms with Gasteiger partial charge in [0.15, 0.2) is 5.13 Å². The average Bonchev–Trinajstić information content (AvgIpc) is 3.14. The monoisotopic (exact) mass is 443 g/mol. The van der Waals surface area contributed by atoms with Crippen LogP contribution >= 0.6 is 22.9 Å². The Labute approximate surface area is 179 Å². The minimum Gasteiger partial charge on any atom is -0.393 e. The lowest BCUT2D eigenvalue weighted by Gasteiger charge is -2.09. The van der Waals surface area contributed by atoms with E-state index < -0.39 is 18.5 Å². The predicted molar refractivity (Wildman–Crippen MR) is 114 cm³/mol. The average molecular weight is 444 g/mol. The van der Waals surface area contributed by atoms with Crippen molar-refractivity contribution in [2.24, 2.45) is 0 Å². The van der Waals surface area contributed by atoms with Gasteiger partial charge in [0.25, 0.3) is 5.91 Å². The fraction of sp³-hybridized carbons (Fsp3) is 0.0952. The number of benzene rings is 2. The highest BCUT2D eigenvalue weighted by Gasteiger charge is 2.14. The van der Waals surface area contributed by atoms with Crippen molar-refractivity contribution >= 4 is 44.2 Å². The normalized spacial score (nSPS) is 12.1. The van der Waals surface area contributed by atoms with Crippen molar-refractivity contribution in [3.8, 4) is 11.3 Å². The largest absolute Gasteiger partial charge is 0.393 e. The number of anilines is 1. The molecule has 1 atom stereocenters. The molecule has 0 spiro atoms. The number of hydrogen-bond donors (Lipinski definition) is 3. The summed E-state index contributed by atoms with van der Waals surface area (Å²) in [5.74, 6) is -0.980. The number of carbonyl (C=O) groups excluding carboxylic acids is 1. The standard InChI is InChI=1S/C21H15ClFN3O3S/c22-14-5-6-16-18(8-14)30-21(25-16)26-20(29)12-3-1-11(2-4-12)19-15(23)7-13(9-24-19)17(28)10-27/h1-9,17,27-28H,10H2,(H,25,26,29)/t17-/m0/s1. The first kappa shape index (κ1) is 20.4. The number of pyridine rings is 1. The SMILES string of the molecule is O=C(Nc1nc2ccc(Cl)cc2s1)c1ccc(-c2ncc([C@@H](O)CO)cc2F)cc1. The lowest BCUT2D eigenvalue weighted by atomic mass is 10.1. The van der Waals surface area contributed by atoms with Crippen LogP contribution in [0.25, 0.3) is 21.5 Å². The zero-order chi connectivity index (χ0) is 21.3. The first-order valence-corrected chi connectivity index (χ1v) is 10.1. The molecular formula is C21H15ClFN3O3S. The molecule has 152 valence electrons. The van der Waals surface area contributed by atoms with Crippen molar-refractivity contribution in [3.05, 3.63) is 76.7 Å². The first-order chi connectivity index (χ1) is 14.4. The minimum atomic E-state index is -1.19. The van der Waals surface area contributed by atoms with Crippen molar-refractivity contribution in [2.75, 3.05) is 11.9 Å². The van der Waals surface area contributed by atoms with E-state index in [1.54, 1.807) is 42.5 Å². The summed E-state index contributed by atoms with van der Waals surface area (Å²) in [6, 6.07) is 12.7. The molecule has 4 aromatic rings. The molecule has 0 saturated heterocycles. The number of thiazole rings is 1. The molecule has 0 aliphatic rings. The Morgan fingerprint density at radius 2 is 1.97 bits per heavy atom. The van der Waals surface area contributed by atoms with Crippen LogP contribution < -0.4 is 5.32 Å². The number of aliphatic hydroxyl groups excluding tert-OH is 2. The van der Waals surface area contributed by atoms with Gasteiger partial charge in [-0.25, -0.2) is 9.37 Å². The van der Waals surface area contributed by atoms with Crippen molar-refractivity contribution in [1.29, 1.82) is 0 Å². The molecule has 0 fully saturated rings. The fourth-order valence-electron chi connectivity index (χ4n) is 2.85. The summed E-state index contributed by atoms with van der Waals surface area (Å²) in [5, 5.41) is 22.3. The molecule has 3 N–H and O–H groups in total. The fourth-order valence-corrected chi connectivity index (χ4v) is 3.99. The summed E-state index contributed by atoms with van der Waals surface area (Å²) >= 11 is 7.29. The van der Waals surface area contributed by atoms with Gasteiger partial charge < -0.3 is 10.2 Å². The number of aliphatic hydroxyl groups is 2. The molecule has 0 unspecified atom stereocenters. The van der Waals surface area contributed by atoms with E-state index in [2.05, 4.69) is 15.3 Å². The van der Waals surface area contributed by atoms with E-state index in [0.29, 0.717) is 21.3 Å². The summed E-state index contributed by atoms with van der Waals surface area (Å²) in [7, 11) is 0. The third kappa shape index (κ3) is 4.17. The number of amides is 1. The molecule has 0 aliphatic heterocycles. The predicted octanol–water partition coefficient (Wildman–Crippen LogP) is 4.43. The maximum Gasteiger partial charge on any atom is 0.257 e. The number of aromatic nitrogens is 2. The van der Waals surface area contributed by atoms with Crippen LogP contribution in [0.3, 0.4) is 0 Å². The molecule has 1 amide bonds. The number of fused-ring (bicyclic) bond motifs is 1. The van der Waals surface area contributed by atoms with Crippen LogP contribution in [-0.2, 0) is 0 Å². The highest BCUT2D eigenvalue weighted by Crippen LogP contribution is 2.29. The smallest absolute Gasteiger partial charge is 0.257 e. The number of nitrogens with one attached hydrogen (secondary N) is 1. The summed E-state index contributed by atoms with van der Waals surface area (Å²) in [6.45, 7) is -0.522. The number of carbonyl (C=O) groups is 1. The van der Waals surface area contributed by atoms with Crippen LogP contribution in [0.5, 0.6) is 0 Å². The molecule has 0 aliphatic carbocycles. The molecule has 0 saturated carbocycles. The second kappa shape index (κ2) is 8.45. The van der Waals surface area contributed by atoms with Crippen molar-refractivity contribution in [2.45, 2.75) is 6.10 Å². The Morgan fingerprint density at radius 3 is 2.67 bits per heavy atom. The van der Waals surface area contributed by atoms with Gasteiger partial charge in [-0.2, -0.15) is 0 Å². The topological polar surface area (TPSA) is 95.3 Å². The molecule has 6 nitrogen and oxygen atoms in total. The van der Waals surface area contributed by atoms with Gasteiger partial charge in [0.2, 0.25) is 0 Å². The molecule has 30 heavy (non-hydrogen) atoms. The lowest BCUT2D eigenvalue weighted by Crippen LogP contribution is -2.11. The van der Waals surface area contributed by atoms with E-state index in [-0.39, 0.29) is 17.2 Å². The van der Waals surface area contributed by atoms with Crippen LogP contribution in [0.4, 0.5) is 9.52 Å². The Morgan fingerprint density at radius 1 is 1.20 bits per heavy atom. The van der Waals surface area contributed by atoms with Gasteiger partial charge >= 0.3 is 0 Å². The Balaban J connectivity index is 1.52. The van der Waals surface area contributed by atoms with E-state index in [0.717, 1.165) is 16.3 Å². The summed E-state index contributed by atoms with van der Waals surface area (Å²) in [5.41, 5.74) is 1.87. The molecule has 2 aromatic heterocycles. The van der Waals surface area contributed by atoms with Crippen LogP contribution in [0, 0.1) is 5.82 Å². The Bertz CT molecular complexity index is 1230. The van der Waals surface area contributed by atoms with Gasteiger partial charge in [0.1, 0.15) is 17.6 Å². The molecule has 4 rings (SSSR count). The first-order valence-electron chi connectivity index (χ1n) is 8.87. The third-order valence-electron chi connectivity index (χ3n) is 4.41. The maximum atomic E-state index is 14.4. The molecule has 2 aromatic carbocycles. The van der Waals surface area contributed by atoms with E-state index in [1.165, 1.54) is 17.5 Å². The van der Waals surface area contributed by atoms with E-state index >= 15 is 0 Å². The zero-order valence-corrected chi connectivity index (χ0v) is 16.9. The van der Waals surface area contributed by atoms with E-state index in [4.69, 9.17) is 16.7 Å². The molecule has 0 bridgehead atoms. The molecule has 9 heteroatoms. The van der Waals surface area contributed by atoms with Crippen LogP contribution in [-0.4, -0.2) is 32.7 Å². The highest BCUT2D eigenvalue weighted by atomic mass is 35.5. The zero-order valence-electron chi connectivity index (χ0n) is 15.3. The second-order valence-electron chi connectivity index (χ2n) is 6.46. The number of hydrogen-bond acceptors (Lipinski definition) is 6. The van der Waals surface area contributed by atoms with Crippen LogP contribution in [0.1, 0.15) is 22.0 Å². The number of rotatable bonds is 5. The van der Waals surface area contributed by atoms with E-state index in [1.807, 2.05) is 0 Å².